The van der Waals surface area contributed by atoms with Crippen molar-refractivity contribution in [2.75, 3.05) is 13.2 Å². The van der Waals surface area contributed by atoms with Gasteiger partial charge in [0.2, 0.25) is 0 Å². The maximum absolute atomic E-state index is 12.7. The van der Waals surface area contributed by atoms with Crippen LogP contribution in [0, 0.1) is 0 Å². The van der Waals surface area contributed by atoms with Crippen LogP contribution in [0.5, 0.6) is 5.75 Å². The Hall–Kier alpha value is -5.11. The number of fused-ring (bicyclic) bond motifs is 3. The predicted octanol–water partition coefficient (Wildman–Crippen LogP) is 6.61. The number of hydrogen-bond donors (Lipinski definition) is 2. The van der Waals surface area contributed by atoms with Crippen molar-refractivity contribution in [2.24, 2.45) is 0 Å². The fraction of sp³-hybridized carbons (Fsp3) is 0.250. The second-order valence-electron chi connectivity index (χ2n) is 11.6. The van der Waals surface area contributed by atoms with Crippen molar-refractivity contribution < 1.29 is 33.7 Å². The van der Waals surface area contributed by atoms with E-state index in [1.165, 1.54) is 0 Å². The van der Waals surface area contributed by atoms with Crippen LogP contribution in [0.3, 0.4) is 0 Å². The first kappa shape index (κ1) is 30.4. The van der Waals surface area contributed by atoms with E-state index in [9.17, 15) is 19.5 Å². The monoisotopic (exact) mass is 593 g/mol. The lowest BCUT2D eigenvalue weighted by atomic mass is 9.98. The molecule has 1 aliphatic carbocycles. The van der Waals surface area contributed by atoms with Crippen molar-refractivity contribution in [3.63, 3.8) is 0 Å². The summed E-state index contributed by atoms with van der Waals surface area (Å²) < 4.78 is 16.6. The molecule has 8 nitrogen and oxygen atoms in total. The Labute approximate surface area is 256 Å². The maximum Gasteiger partial charge on any atom is 0.407 e. The molecule has 1 atom stereocenters. The first-order valence-corrected chi connectivity index (χ1v) is 14.5. The average molecular weight is 594 g/mol. The molecule has 0 aliphatic heterocycles. The quantitative estimate of drug-likeness (QED) is 0.199. The van der Waals surface area contributed by atoms with Crippen LogP contribution in [-0.2, 0) is 25.5 Å². The number of esters is 1. The van der Waals surface area contributed by atoms with Crippen molar-refractivity contribution in [2.45, 2.75) is 44.8 Å². The molecule has 226 valence electrons. The van der Waals surface area contributed by atoms with Crippen LogP contribution < -0.4 is 10.1 Å². The second kappa shape index (κ2) is 13.0. The number of rotatable bonds is 10. The molecule has 1 aliphatic rings. The van der Waals surface area contributed by atoms with Crippen molar-refractivity contribution in [3.05, 3.63) is 114 Å². The highest BCUT2D eigenvalue weighted by molar-refractivity contribution is 5.81. The molecule has 4 aromatic carbocycles. The normalized spacial score (nSPS) is 12.9. The van der Waals surface area contributed by atoms with E-state index < -0.39 is 29.7 Å². The Kier molecular flexibility index (Phi) is 8.99. The van der Waals surface area contributed by atoms with E-state index in [-0.39, 0.29) is 25.6 Å². The van der Waals surface area contributed by atoms with Gasteiger partial charge in [-0.05, 0) is 60.2 Å². The van der Waals surface area contributed by atoms with Gasteiger partial charge in [0.1, 0.15) is 24.0 Å². The summed E-state index contributed by atoms with van der Waals surface area (Å²) >= 11 is 0. The molecule has 0 radical (unpaired) electrons. The van der Waals surface area contributed by atoms with E-state index in [1.807, 2.05) is 66.7 Å². The molecule has 0 unspecified atom stereocenters. The third-order valence-corrected chi connectivity index (χ3v) is 7.29. The highest BCUT2D eigenvalue weighted by Gasteiger charge is 2.30. The smallest absolute Gasteiger partial charge is 0.407 e. The SMILES string of the molecule is CC(C)(C)OC(=O)COc1ccccc1-c1ccc(C[C@H](NC(=O)OCC2c3ccccc3-c3ccccc32)C(=O)O)cc1. The Morgan fingerprint density at radius 3 is 1.95 bits per heavy atom. The number of aliphatic carboxylic acids is 1. The molecule has 0 saturated carbocycles. The molecule has 44 heavy (non-hydrogen) atoms. The van der Waals surface area contributed by atoms with E-state index in [2.05, 4.69) is 17.4 Å². The molecular formula is C36H35NO7. The number of hydrogen-bond acceptors (Lipinski definition) is 6. The zero-order chi connectivity index (χ0) is 31.3. The van der Waals surface area contributed by atoms with E-state index in [0.29, 0.717) is 11.3 Å². The number of carbonyl (C=O) groups is 3. The number of carbonyl (C=O) groups excluding carboxylic acids is 2. The summed E-state index contributed by atoms with van der Waals surface area (Å²) in [5.74, 6) is -1.24. The van der Waals surface area contributed by atoms with E-state index in [1.54, 1.807) is 39.0 Å². The van der Waals surface area contributed by atoms with E-state index >= 15 is 0 Å². The van der Waals surface area contributed by atoms with Crippen LogP contribution >= 0.6 is 0 Å². The van der Waals surface area contributed by atoms with E-state index in [0.717, 1.165) is 33.4 Å². The Morgan fingerprint density at radius 2 is 1.36 bits per heavy atom. The summed E-state index contributed by atoms with van der Waals surface area (Å²) in [6, 6.07) is 29.5. The molecule has 0 aromatic heterocycles. The van der Waals surface area contributed by atoms with Crippen LogP contribution in [0.4, 0.5) is 4.79 Å². The number of carboxylic acids is 1. The minimum Gasteiger partial charge on any atom is -0.481 e. The molecule has 0 bridgehead atoms. The third kappa shape index (κ3) is 7.26. The second-order valence-corrected chi connectivity index (χ2v) is 11.6. The predicted molar refractivity (Wildman–Crippen MR) is 167 cm³/mol. The highest BCUT2D eigenvalue weighted by atomic mass is 16.6. The maximum atomic E-state index is 12.7. The summed E-state index contributed by atoms with van der Waals surface area (Å²) in [5.41, 5.74) is 6.08. The first-order chi connectivity index (χ1) is 21.1. The lowest BCUT2D eigenvalue weighted by molar-refractivity contribution is -0.157. The summed E-state index contributed by atoms with van der Waals surface area (Å²) in [4.78, 5) is 36.9. The lowest BCUT2D eigenvalue weighted by Crippen LogP contribution is -2.42. The topological polar surface area (TPSA) is 111 Å². The molecule has 2 N–H and O–H groups in total. The van der Waals surface area contributed by atoms with Gasteiger partial charge in [0.05, 0.1) is 0 Å². The number of ether oxygens (including phenoxy) is 3. The van der Waals surface area contributed by atoms with Gasteiger partial charge in [-0.2, -0.15) is 0 Å². The van der Waals surface area contributed by atoms with Gasteiger partial charge >= 0.3 is 18.0 Å². The number of benzene rings is 4. The van der Waals surface area contributed by atoms with Gasteiger partial charge in [0, 0.05) is 17.9 Å². The van der Waals surface area contributed by atoms with Gasteiger partial charge in [-0.25, -0.2) is 14.4 Å². The highest BCUT2D eigenvalue weighted by Crippen LogP contribution is 2.44. The summed E-state index contributed by atoms with van der Waals surface area (Å²) in [6.07, 6.45) is -0.719. The number of nitrogens with one attached hydrogen (secondary N) is 1. The minimum atomic E-state index is -1.18. The Morgan fingerprint density at radius 1 is 0.795 bits per heavy atom. The van der Waals surface area contributed by atoms with Crippen LogP contribution in [0.2, 0.25) is 0 Å². The van der Waals surface area contributed by atoms with Crippen LogP contribution in [-0.4, -0.2) is 48.0 Å². The van der Waals surface area contributed by atoms with E-state index in [4.69, 9.17) is 14.2 Å². The standard InChI is InChI=1S/C36H35NO7/c1-36(2,3)44-33(38)22-42-32-15-9-8-10-25(32)24-18-16-23(17-19-24)20-31(34(39)40)37-35(41)43-21-30-28-13-6-4-11-26(28)27-12-5-7-14-29(27)30/h4-19,30-31H,20-22H2,1-3H3,(H,37,41)(H,39,40)/t31-/m0/s1. The zero-order valence-electron chi connectivity index (χ0n) is 24.9. The molecule has 0 spiro atoms. The molecule has 8 heteroatoms. The molecule has 0 fully saturated rings. The van der Waals surface area contributed by atoms with Crippen LogP contribution in [0.25, 0.3) is 22.3 Å². The number of para-hydroxylation sites is 1. The van der Waals surface area contributed by atoms with Crippen molar-refractivity contribution in [1.29, 1.82) is 0 Å². The first-order valence-electron chi connectivity index (χ1n) is 14.5. The number of amides is 1. The van der Waals surface area contributed by atoms with Crippen LogP contribution in [0.15, 0.2) is 97.1 Å². The minimum absolute atomic E-state index is 0.0661. The fourth-order valence-electron chi connectivity index (χ4n) is 5.38. The van der Waals surface area contributed by atoms with Gasteiger partial charge in [-0.1, -0.05) is 91.0 Å². The zero-order valence-corrected chi connectivity index (χ0v) is 24.9. The number of alkyl carbamates (subject to hydrolysis) is 1. The summed E-state index contributed by atoms with van der Waals surface area (Å²) in [7, 11) is 0. The van der Waals surface area contributed by atoms with Gasteiger partial charge in [-0.15, -0.1) is 0 Å². The van der Waals surface area contributed by atoms with Gasteiger partial charge in [0.15, 0.2) is 6.61 Å². The summed E-state index contributed by atoms with van der Waals surface area (Å²) in [5, 5.41) is 12.4. The molecule has 0 heterocycles. The average Bonchev–Trinajstić information content (AvgIpc) is 3.32. The van der Waals surface area contributed by atoms with Gasteiger partial charge in [0.25, 0.3) is 0 Å². The van der Waals surface area contributed by atoms with Crippen LogP contribution in [0.1, 0.15) is 43.4 Å². The van der Waals surface area contributed by atoms with Crippen molar-refractivity contribution in [3.8, 4) is 28.0 Å². The van der Waals surface area contributed by atoms with Crippen molar-refractivity contribution in [1.82, 2.24) is 5.32 Å². The lowest BCUT2D eigenvalue weighted by Gasteiger charge is -2.20. The van der Waals surface area contributed by atoms with Gasteiger partial charge < -0.3 is 24.6 Å². The molecule has 4 aromatic rings. The van der Waals surface area contributed by atoms with Crippen molar-refractivity contribution >= 4 is 18.0 Å². The Bertz CT molecular complexity index is 1610. The van der Waals surface area contributed by atoms with Gasteiger partial charge in [-0.3, -0.25) is 0 Å². The Balaban J connectivity index is 1.20. The molecular weight excluding hydrogens is 558 g/mol. The number of carboxylic acid groups (broad SMARTS) is 1. The molecule has 0 saturated heterocycles. The molecule has 5 rings (SSSR count). The fourth-order valence-corrected chi connectivity index (χ4v) is 5.38. The molecule has 1 amide bonds. The third-order valence-electron chi connectivity index (χ3n) is 7.29. The largest absolute Gasteiger partial charge is 0.481 e. The summed E-state index contributed by atoms with van der Waals surface area (Å²) in [6.45, 7) is 5.25.